The molecule has 1 aliphatic carbocycles. The number of carbonyl (C=O) groups is 1. The van der Waals surface area contributed by atoms with Crippen LogP contribution in [0.2, 0.25) is 0 Å². The van der Waals surface area contributed by atoms with Gasteiger partial charge in [-0.3, -0.25) is 4.79 Å². The minimum absolute atomic E-state index is 0. The molecule has 118 valence electrons. The fraction of sp³-hybridized carbons (Fsp3) is 0.929. The van der Waals surface area contributed by atoms with E-state index in [9.17, 15) is 22.9 Å². The van der Waals surface area contributed by atoms with Gasteiger partial charge < -0.3 is 9.66 Å². The zero-order valence-electron chi connectivity index (χ0n) is 13.5. The summed E-state index contributed by atoms with van der Waals surface area (Å²) in [6.45, 7) is 5.50. The van der Waals surface area contributed by atoms with Crippen molar-refractivity contribution in [2.24, 2.45) is 17.3 Å². The van der Waals surface area contributed by atoms with Gasteiger partial charge in [-0.25, -0.2) is 8.42 Å². The van der Waals surface area contributed by atoms with Crippen molar-refractivity contribution in [1.82, 2.24) is 0 Å². The molecule has 0 heterocycles. The van der Waals surface area contributed by atoms with Gasteiger partial charge in [0.25, 0.3) is 0 Å². The Labute approximate surface area is 149 Å². The topological polar surface area (TPSA) is 94.5 Å². The molecular weight excluding hydrogens is 303 g/mol. The van der Waals surface area contributed by atoms with Crippen molar-refractivity contribution in [3.8, 4) is 0 Å². The second-order valence-corrected chi connectivity index (χ2v) is 8.24. The first kappa shape index (κ1) is 21.4. The van der Waals surface area contributed by atoms with E-state index in [2.05, 4.69) is 0 Å². The molecule has 0 aliphatic heterocycles. The molecule has 0 aromatic heterocycles. The number of hydrogen-bond acceptors (Lipinski definition) is 4. The first-order valence-electron chi connectivity index (χ1n) is 7.26. The molecule has 1 unspecified atom stereocenters. The summed E-state index contributed by atoms with van der Waals surface area (Å²) in [5.41, 5.74) is -0.762. The molecule has 1 atom stereocenters. The molecule has 1 fully saturated rings. The molecule has 0 bridgehead atoms. The van der Waals surface area contributed by atoms with Crippen molar-refractivity contribution < 1.29 is 52.4 Å². The van der Waals surface area contributed by atoms with Crippen molar-refractivity contribution >= 4 is 16.1 Å². The van der Waals surface area contributed by atoms with Crippen LogP contribution in [0.25, 0.3) is 0 Å². The van der Waals surface area contributed by atoms with Crippen molar-refractivity contribution in [1.29, 1.82) is 0 Å². The summed E-state index contributed by atoms with van der Waals surface area (Å²) in [7, 11) is -4.17. The Kier molecular flexibility index (Phi) is 8.44. The van der Waals surface area contributed by atoms with Crippen molar-refractivity contribution in [3.63, 3.8) is 0 Å². The number of hydrogen-bond donors (Lipinski definition) is 1. The molecule has 5 nitrogen and oxygen atoms in total. The van der Waals surface area contributed by atoms with Crippen molar-refractivity contribution in [2.45, 2.75) is 64.5 Å². The summed E-state index contributed by atoms with van der Waals surface area (Å²) in [6.07, 6.45) is 3.73. The zero-order valence-corrected chi connectivity index (χ0v) is 16.3. The average Bonchev–Trinajstić information content (AvgIpc) is 2.35. The largest absolute Gasteiger partial charge is 1.00 e. The predicted molar refractivity (Wildman–Crippen MR) is 75.3 cm³/mol. The monoisotopic (exact) mass is 328 g/mol. The molecule has 0 aromatic rings. The molecule has 0 saturated heterocycles. The van der Waals surface area contributed by atoms with E-state index < -0.39 is 26.8 Å². The summed E-state index contributed by atoms with van der Waals surface area (Å²) < 4.78 is 33.1. The fourth-order valence-corrected chi connectivity index (χ4v) is 4.09. The quantitative estimate of drug-likeness (QED) is 0.530. The summed E-state index contributed by atoms with van der Waals surface area (Å²) in [5.74, 6) is -0.195. The summed E-state index contributed by atoms with van der Waals surface area (Å²) in [4.78, 5) is 11.2. The number of rotatable bonds is 6. The van der Waals surface area contributed by atoms with E-state index in [1.165, 1.54) is 0 Å². The van der Waals surface area contributed by atoms with Crippen LogP contribution < -0.4 is 29.6 Å². The van der Waals surface area contributed by atoms with Gasteiger partial charge in [0.15, 0.2) is 0 Å². The van der Waals surface area contributed by atoms with Crippen LogP contribution in [0.15, 0.2) is 0 Å². The van der Waals surface area contributed by atoms with Crippen LogP contribution in [0.1, 0.15) is 59.3 Å². The third-order valence-electron chi connectivity index (χ3n) is 4.67. The zero-order chi connectivity index (χ0) is 15.6. The molecule has 1 saturated carbocycles. The van der Waals surface area contributed by atoms with E-state index in [0.717, 1.165) is 6.42 Å². The van der Waals surface area contributed by atoms with Crippen LogP contribution in [-0.4, -0.2) is 29.3 Å². The van der Waals surface area contributed by atoms with Crippen LogP contribution in [0, 0.1) is 17.3 Å². The Morgan fingerprint density at radius 2 is 1.76 bits per heavy atom. The van der Waals surface area contributed by atoms with Gasteiger partial charge in [0.1, 0.15) is 0 Å². The van der Waals surface area contributed by atoms with Crippen LogP contribution in [0.5, 0.6) is 0 Å². The second kappa shape index (κ2) is 8.29. The van der Waals surface area contributed by atoms with Crippen molar-refractivity contribution in [3.05, 3.63) is 0 Å². The third-order valence-corrected chi connectivity index (χ3v) is 5.96. The van der Waals surface area contributed by atoms with Gasteiger partial charge in [-0.05, 0) is 57.8 Å². The third kappa shape index (κ3) is 6.18. The van der Waals surface area contributed by atoms with Gasteiger partial charge in [-0.15, -0.1) is 0 Å². The Bertz CT molecular complexity index is 438. The minimum atomic E-state index is -4.17. The van der Waals surface area contributed by atoms with E-state index in [4.69, 9.17) is 0 Å². The molecule has 0 radical (unpaired) electrons. The van der Waals surface area contributed by atoms with Gasteiger partial charge in [-0.2, -0.15) is 0 Å². The first-order chi connectivity index (χ1) is 9.08. The molecule has 0 spiro atoms. The van der Waals surface area contributed by atoms with E-state index in [-0.39, 0.29) is 35.5 Å². The van der Waals surface area contributed by atoms with Crippen LogP contribution in [0.3, 0.4) is 0 Å². The maximum absolute atomic E-state index is 11.2. The summed E-state index contributed by atoms with van der Waals surface area (Å²) in [5, 5.41) is 8.47. The Hall–Kier alpha value is 0.380. The molecule has 21 heavy (non-hydrogen) atoms. The number of aliphatic carboxylic acids is 1. The van der Waals surface area contributed by atoms with Crippen LogP contribution in [-0.2, 0) is 14.9 Å². The molecule has 7 heteroatoms. The molecule has 1 rings (SSSR count). The van der Waals surface area contributed by atoms with E-state index in [1.807, 2.05) is 6.92 Å². The Morgan fingerprint density at radius 3 is 2.10 bits per heavy atom. The fourth-order valence-electron chi connectivity index (χ4n) is 3.24. The SMILES string of the molecule is CCC(CC(C)(C)C(=O)O)C1CCC(S(=O)(=O)[O-])CC1.[Na+]. The average molecular weight is 328 g/mol. The Morgan fingerprint density at radius 1 is 1.29 bits per heavy atom. The molecular formula is C14H25NaO5S. The summed E-state index contributed by atoms with van der Waals surface area (Å²) in [6, 6.07) is 0. The molecule has 1 aliphatic rings. The Balaban J connectivity index is 0.00000400. The molecule has 0 aromatic carbocycles. The maximum atomic E-state index is 11.2. The number of carboxylic acid groups (broad SMARTS) is 1. The maximum Gasteiger partial charge on any atom is 1.00 e. The van der Waals surface area contributed by atoms with Gasteiger partial charge >= 0.3 is 35.5 Å². The van der Waals surface area contributed by atoms with Crippen molar-refractivity contribution in [2.75, 3.05) is 0 Å². The normalized spacial score (nSPS) is 25.0. The molecule has 0 amide bonds. The van der Waals surface area contributed by atoms with E-state index in [0.29, 0.717) is 38.0 Å². The van der Waals surface area contributed by atoms with Gasteiger partial charge in [0, 0.05) is 5.25 Å². The van der Waals surface area contributed by atoms with Gasteiger partial charge in [0.05, 0.1) is 15.5 Å². The first-order valence-corrected chi connectivity index (χ1v) is 8.73. The predicted octanol–water partition coefficient (Wildman–Crippen LogP) is -0.378. The second-order valence-electron chi connectivity index (χ2n) is 6.59. The summed E-state index contributed by atoms with van der Waals surface area (Å²) >= 11 is 0. The molecule has 1 N–H and O–H groups in total. The van der Waals surface area contributed by atoms with Gasteiger partial charge in [0.2, 0.25) is 0 Å². The number of carboxylic acids is 1. The standard InChI is InChI=1S/C14H26O5S.Na/c1-4-10(9-14(2,3)13(15)16)11-5-7-12(8-6-11)20(17,18)19;/h10-12H,4-9H2,1-3H3,(H,15,16)(H,17,18,19);/q;+1/p-1. The smallest absolute Gasteiger partial charge is 0.748 e. The minimum Gasteiger partial charge on any atom is -0.748 e. The van der Waals surface area contributed by atoms with Crippen LogP contribution >= 0.6 is 0 Å². The van der Waals surface area contributed by atoms with Crippen LogP contribution in [0.4, 0.5) is 0 Å². The van der Waals surface area contributed by atoms with E-state index >= 15 is 0 Å². The van der Waals surface area contributed by atoms with Gasteiger partial charge in [-0.1, -0.05) is 13.3 Å². The van der Waals surface area contributed by atoms with E-state index in [1.54, 1.807) is 13.8 Å².